The number of primary amides is 1. The van der Waals surface area contributed by atoms with Crippen molar-refractivity contribution in [1.29, 1.82) is 0 Å². The smallest absolute Gasteiger partial charge is 0.252 e. The van der Waals surface area contributed by atoms with Crippen LogP contribution in [0.2, 0.25) is 0 Å². The zero-order valence-electron chi connectivity index (χ0n) is 14.3. The van der Waals surface area contributed by atoms with Crippen molar-refractivity contribution in [3.05, 3.63) is 23.3 Å². The van der Waals surface area contributed by atoms with E-state index in [2.05, 4.69) is 9.97 Å². The molecule has 0 aromatic carbocycles. The maximum Gasteiger partial charge on any atom is 0.252 e. The molecule has 3 rings (SSSR count). The summed E-state index contributed by atoms with van der Waals surface area (Å²) in [5.41, 5.74) is 6.30. The molecule has 24 heavy (non-hydrogen) atoms. The number of aryl methyl sites for hydroxylation is 1. The normalized spacial score (nSPS) is 22.4. The molecule has 1 aromatic heterocycles. The summed E-state index contributed by atoms with van der Waals surface area (Å²) in [7, 11) is 0. The van der Waals surface area contributed by atoms with E-state index in [1.807, 2.05) is 4.90 Å². The van der Waals surface area contributed by atoms with E-state index in [1.165, 1.54) is 25.5 Å². The Morgan fingerprint density at radius 3 is 2.58 bits per heavy atom. The van der Waals surface area contributed by atoms with Gasteiger partial charge < -0.3 is 10.6 Å². The fourth-order valence-corrected chi connectivity index (χ4v) is 3.92. The van der Waals surface area contributed by atoms with Crippen molar-refractivity contribution in [3.8, 4) is 0 Å². The van der Waals surface area contributed by atoms with Crippen molar-refractivity contribution in [2.75, 3.05) is 13.1 Å². The number of nitrogens with zero attached hydrogens (tertiary/aromatic N) is 3. The largest absolute Gasteiger partial charge is 0.365 e. The minimum absolute atomic E-state index is 0.145. The molecule has 0 spiro atoms. The van der Waals surface area contributed by atoms with Gasteiger partial charge in [0.2, 0.25) is 5.91 Å². The Bertz CT molecular complexity index is 625. The number of rotatable bonds is 3. The van der Waals surface area contributed by atoms with Crippen molar-refractivity contribution in [1.82, 2.24) is 14.9 Å². The van der Waals surface area contributed by atoms with Gasteiger partial charge in [0.15, 0.2) is 0 Å². The molecule has 0 bridgehead atoms. The minimum Gasteiger partial charge on any atom is -0.365 e. The second-order valence-corrected chi connectivity index (χ2v) is 7.05. The van der Waals surface area contributed by atoms with E-state index in [1.54, 1.807) is 6.92 Å². The Balaban J connectivity index is 1.70. The van der Waals surface area contributed by atoms with Gasteiger partial charge >= 0.3 is 0 Å². The molecule has 6 heteroatoms. The first-order valence-corrected chi connectivity index (χ1v) is 8.98. The fourth-order valence-electron chi connectivity index (χ4n) is 3.92. The summed E-state index contributed by atoms with van der Waals surface area (Å²) in [5.74, 6) is 0.879. The number of nitrogens with two attached hydrogens (primary N) is 1. The van der Waals surface area contributed by atoms with Crippen LogP contribution >= 0.6 is 0 Å². The van der Waals surface area contributed by atoms with Crippen LogP contribution in [0.4, 0.5) is 0 Å². The van der Waals surface area contributed by atoms with E-state index in [0.717, 1.165) is 38.1 Å². The molecule has 2 aliphatic rings. The predicted octanol–water partition coefficient (Wildman–Crippen LogP) is 2.17. The zero-order valence-corrected chi connectivity index (χ0v) is 14.3. The van der Waals surface area contributed by atoms with E-state index >= 15 is 0 Å². The average Bonchev–Trinajstić information content (AvgIpc) is 2.61. The molecule has 2 heterocycles. The van der Waals surface area contributed by atoms with Gasteiger partial charge in [0, 0.05) is 31.1 Å². The van der Waals surface area contributed by atoms with E-state index in [0.29, 0.717) is 23.7 Å². The zero-order chi connectivity index (χ0) is 17.1. The minimum atomic E-state index is -0.503. The standard InChI is InChI=1S/C18H26N4O2/c1-12-15(16(19)23)10-20-17(21-12)14-8-5-9-22(11-14)18(24)13-6-3-2-4-7-13/h10,13-14H,2-9,11H2,1H3,(H2,19,23). The van der Waals surface area contributed by atoms with Crippen LogP contribution in [0.1, 0.15) is 72.7 Å². The lowest BCUT2D eigenvalue weighted by molar-refractivity contribution is -0.137. The fraction of sp³-hybridized carbons (Fsp3) is 0.667. The third-order valence-electron chi connectivity index (χ3n) is 5.32. The average molecular weight is 330 g/mol. The van der Waals surface area contributed by atoms with Crippen LogP contribution < -0.4 is 5.73 Å². The third kappa shape index (κ3) is 3.57. The highest BCUT2D eigenvalue weighted by Crippen LogP contribution is 2.30. The van der Waals surface area contributed by atoms with Crippen LogP contribution in [0, 0.1) is 12.8 Å². The SMILES string of the molecule is Cc1nc(C2CCCN(C(=O)C3CCCCC3)C2)ncc1C(N)=O. The number of hydrogen-bond acceptors (Lipinski definition) is 4. The predicted molar refractivity (Wildman–Crippen MR) is 90.4 cm³/mol. The van der Waals surface area contributed by atoms with Crippen LogP contribution in [0.5, 0.6) is 0 Å². The molecule has 1 aliphatic carbocycles. The molecule has 1 saturated carbocycles. The van der Waals surface area contributed by atoms with Gasteiger partial charge in [-0.15, -0.1) is 0 Å². The molecular formula is C18H26N4O2. The van der Waals surface area contributed by atoms with Crippen LogP contribution in [0.15, 0.2) is 6.20 Å². The number of aromatic nitrogens is 2. The highest BCUT2D eigenvalue weighted by molar-refractivity contribution is 5.93. The van der Waals surface area contributed by atoms with Gasteiger partial charge in [-0.2, -0.15) is 0 Å². The van der Waals surface area contributed by atoms with Crippen molar-refractivity contribution in [2.24, 2.45) is 11.7 Å². The Morgan fingerprint density at radius 1 is 1.17 bits per heavy atom. The number of carbonyl (C=O) groups excluding carboxylic acids is 2. The van der Waals surface area contributed by atoms with E-state index in [4.69, 9.17) is 5.73 Å². The molecule has 130 valence electrons. The van der Waals surface area contributed by atoms with Gasteiger partial charge in [-0.05, 0) is 32.6 Å². The maximum absolute atomic E-state index is 12.8. The number of carbonyl (C=O) groups is 2. The molecule has 1 aliphatic heterocycles. The molecular weight excluding hydrogens is 304 g/mol. The highest BCUT2D eigenvalue weighted by Gasteiger charge is 2.31. The Morgan fingerprint density at radius 2 is 1.92 bits per heavy atom. The number of piperidine rings is 1. The summed E-state index contributed by atoms with van der Waals surface area (Å²) in [5, 5.41) is 0. The summed E-state index contributed by atoms with van der Waals surface area (Å²) >= 11 is 0. The van der Waals surface area contributed by atoms with Crippen LogP contribution in [0.3, 0.4) is 0 Å². The maximum atomic E-state index is 12.8. The molecule has 2 fully saturated rings. The van der Waals surface area contributed by atoms with Crippen LogP contribution in [-0.2, 0) is 4.79 Å². The Labute approximate surface area is 142 Å². The lowest BCUT2D eigenvalue weighted by Gasteiger charge is -2.35. The summed E-state index contributed by atoms with van der Waals surface area (Å²) in [6.45, 7) is 3.30. The van der Waals surface area contributed by atoms with E-state index < -0.39 is 5.91 Å². The molecule has 1 atom stereocenters. The molecule has 1 unspecified atom stereocenters. The molecule has 2 amide bonds. The monoisotopic (exact) mass is 330 g/mol. The summed E-state index contributed by atoms with van der Waals surface area (Å²) in [6.07, 6.45) is 9.13. The van der Waals surface area contributed by atoms with Crippen molar-refractivity contribution >= 4 is 11.8 Å². The molecule has 1 saturated heterocycles. The van der Waals surface area contributed by atoms with Crippen LogP contribution in [-0.4, -0.2) is 39.8 Å². The molecule has 2 N–H and O–H groups in total. The summed E-state index contributed by atoms with van der Waals surface area (Å²) in [4.78, 5) is 34.9. The number of amides is 2. The third-order valence-corrected chi connectivity index (χ3v) is 5.32. The first kappa shape index (κ1) is 16.9. The van der Waals surface area contributed by atoms with Crippen molar-refractivity contribution in [2.45, 2.75) is 57.8 Å². The van der Waals surface area contributed by atoms with Gasteiger partial charge in [-0.25, -0.2) is 9.97 Å². The first-order chi connectivity index (χ1) is 11.6. The van der Waals surface area contributed by atoms with Crippen molar-refractivity contribution in [3.63, 3.8) is 0 Å². The quantitative estimate of drug-likeness (QED) is 0.920. The molecule has 0 radical (unpaired) electrons. The topological polar surface area (TPSA) is 89.2 Å². The Kier molecular flexibility index (Phi) is 5.11. The summed E-state index contributed by atoms with van der Waals surface area (Å²) < 4.78 is 0. The van der Waals surface area contributed by atoms with Gasteiger partial charge in [0.05, 0.1) is 11.3 Å². The van der Waals surface area contributed by atoms with Gasteiger partial charge in [-0.3, -0.25) is 9.59 Å². The van der Waals surface area contributed by atoms with Crippen molar-refractivity contribution < 1.29 is 9.59 Å². The first-order valence-electron chi connectivity index (χ1n) is 8.98. The Hall–Kier alpha value is -1.98. The number of hydrogen-bond donors (Lipinski definition) is 1. The lowest BCUT2D eigenvalue weighted by atomic mass is 9.87. The second-order valence-electron chi connectivity index (χ2n) is 7.05. The van der Waals surface area contributed by atoms with Gasteiger partial charge in [-0.1, -0.05) is 19.3 Å². The van der Waals surface area contributed by atoms with Gasteiger partial charge in [0.25, 0.3) is 5.91 Å². The lowest BCUT2D eigenvalue weighted by Crippen LogP contribution is -2.43. The van der Waals surface area contributed by atoms with E-state index in [-0.39, 0.29) is 11.8 Å². The summed E-state index contributed by atoms with van der Waals surface area (Å²) in [6, 6.07) is 0. The van der Waals surface area contributed by atoms with Crippen LogP contribution in [0.25, 0.3) is 0 Å². The van der Waals surface area contributed by atoms with E-state index in [9.17, 15) is 9.59 Å². The molecule has 6 nitrogen and oxygen atoms in total. The molecule has 1 aromatic rings. The number of likely N-dealkylation sites (tertiary alicyclic amines) is 1. The van der Waals surface area contributed by atoms with Gasteiger partial charge in [0.1, 0.15) is 5.82 Å². The highest BCUT2D eigenvalue weighted by atomic mass is 16.2. The second kappa shape index (κ2) is 7.28.